The molecule has 1 aliphatic heterocycles. The zero-order valence-electron chi connectivity index (χ0n) is 12.8. The molecule has 6 heteroatoms. The van der Waals surface area contributed by atoms with Gasteiger partial charge in [-0.1, -0.05) is 6.07 Å². The number of rotatable bonds is 5. The third-order valence-corrected chi connectivity index (χ3v) is 3.94. The molecule has 3 rings (SSSR count). The highest BCUT2D eigenvalue weighted by atomic mass is 16.1. The van der Waals surface area contributed by atoms with E-state index in [9.17, 15) is 4.79 Å². The monoisotopic (exact) mass is 299 g/mol. The number of hydrogen-bond acceptors (Lipinski definition) is 4. The van der Waals surface area contributed by atoms with E-state index in [2.05, 4.69) is 26.4 Å². The van der Waals surface area contributed by atoms with Gasteiger partial charge in [0, 0.05) is 57.1 Å². The molecule has 2 aromatic heterocycles. The number of nitrogens with one attached hydrogen (secondary N) is 1. The number of aromatic nitrogens is 3. The van der Waals surface area contributed by atoms with Crippen molar-refractivity contribution in [3.63, 3.8) is 0 Å². The van der Waals surface area contributed by atoms with Crippen LogP contribution in [-0.2, 0) is 11.2 Å². The number of likely N-dealkylation sites (tertiary alicyclic amines) is 1. The Bertz CT molecular complexity index is 624. The van der Waals surface area contributed by atoms with Gasteiger partial charge in [0.05, 0.1) is 6.04 Å². The second kappa shape index (κ2) is 6.70. The van der Waals surface area contributed by atoms with Crippen LogP contribution in [0.15, 0.2) is 36.7 Å². The van der Waals surface area contributed by atoms with Crippen molar-refractivity contribution in [3.8, 4) is 0 Å². The van der Waals surface area contributed by atoms with Gasteiger partial charge in [0.1, 0.15) is 0 Å². The van der Waals surface area contributed by atoms with Crippen LogP contribution in [0.1, 0.15) is 25.1 Å². The number of anilines is 1. The van der Waals surface area contributed by atoms with Crippen LogP contribution >= 0.6 is 0 Å². The summed E-state index contributed by atoms with van der Waals surface area (Å²) in [5, 5.41) is 7.14. The molecule has 1 fully saturated rings. The zero-order valence-corrected chi connectivity index (χ0v) is 12.8. The Hall–Kier alpha value is -2.21. The Morgan fingerprint density at radius 3 is 3.09 bits per heavy atom. The molecule has 1 saturated heterocycles. The molecule has 22 heavy (non-hydrogen) atoms. The lowest BCUT2D eigenvalue weighted by atomic mass is 10.2. The van der Waals surface area contributed by atoms with Crippen LogP contribution in [0.3, 0.4) is 0 Å². The third-order valence-electron chi connectivity index (χ3n) is 3.94. The van der Waals surface area contributed by atoms with Gasteiger partial charge in [0.2, 0.25) is 5.91 Å². The first-order chi connectivity index (χ1) is 10.7. The standard InChI is InChI=1S/C16H21N5O/c1-13(22)18-16-7-11-21(19-16)15-6-10-20(12-15)9-5-14-4-2-3-8-17-14/h2-4,7-8,11,15H,5-6,9-10,12H2,1H3,(H,18,19,22)/t15-/m0/s1. The quantitative estimate of drug-likeness (QED) is 0.913. The van der Waals surface area contributed by atoms with Crippen LogP contribution < -0.4 is 5.32 Å². The fourth-order valence-electron chi connectivity index (χ4n) is 2.84. The van der Waals surface area contributed by atoms with E-state index < -0.39 is 0 Å². The minimum absolute atomic E-state index is 0.0892. The minimum atomic E-state index is -0.0892. The van der Waals surface area contributed by atoms with Gasteiger partial charge in [-0.05, 0) is 18.6 Å². The molecule has 0 saturated carbocycles. The highest BCUT2D eigenvalue weighted by Gasteiger charge is 2.24. The van der Waals surface area contributed by atoms with E-state index >= 15 is 0 Å². The summed E-state index contributed by atoms with van der Waals surface area (Å²) in [5.74, 6) is 0.535. The van der Waals surface area contributed by atoms with Gasteiger partial charge in [-0.15, -0.1) is 0 Å². The molecule has 0 aliphatic carbocycles. The van der Waals surface area contributed by atoms with Gasteiger partial charge in [-0.3, -0.25) is 14.5 Å². The second-order valence-electron chi connectivity index (χ2n) is 5.68. The minimum Gasteiger partial charge on any atom is -0.309 e. The Balaban J connectivity index is 1.51. The van der Waals surface area contributed by atoms with Crippen molar-refractivity contribution in [1.82, 2.24) is 19.7 Å². The van der Waals surface area contributed by atoms with Crippen molar-refractivity contribution >= 4 is 11.7 Å². The average Bonchev–Trinajstić information content (AvgIpc) is 3.14. The average molecular weight is 299 g/mol. The Morgan fingerprint density at radius 2 is 2.32 bits per heavy atom. The SMILES string of the molecule is CC(=O)Nc1ccn([C@H]2CCN(CCc3ccccn3)C2)n1. The topological polar surface area (TPSA) is 63.1 Å². The molecular formula is C16H21N5O. The first kappa shape index (κ1) is 14.7. The second-order valence-corrected chi connectivity index (χ2v) is 5.68. The summed E-state index contributed by atoms with van der Waals surface area (Å²) in [4.78, 5) is 17.8. The molecule has 2 aromatic rings. The molecule has 3 heterocycles. The fraction of sp³-hybridized carbons (Fsp3) is 0.438. The maximum absolute atomic E-state index is 11.0. The van der Waals surface area contributed by atoms with Gasteiger partial charge in [-0.2, -0.15) is 5.10 Å². The molecule has 116 valence electrons. The molecule has 1 atom stereocenters. The van der Waals surface area contributed by atoms with E-state index in [0.29, 0.717) is 11.9 Å². The number of pyridine rings is 1. The van der Waals surface area contributed by atoms with Gasteiger partial charge in [-0.25, -0.2) is 0 Å². The summed E-state index contributed by atoms with van der Waals surface area (Å²) >= 11 is 0. The van der Waals surface area contributed by atoms with Crippen LogP contribution in [0, 0.1) is 0 Å². The van der Waals surface area contributed by atoms with E-state index in [1.807, 2.05) is 35.3 Å². The number of amides is 1. The van der Waals surface area contributed by atoms with E-state index in [1.54, 1.807) is 0 Å². The molecule has 0 spiro atoms. The van der Waals surface area contributed by atoms with Crippen molar-refractivity contribution in [2.45, 2.75) is 25.8 Å². The van der Waals surface area contributed by atoms with Crippen LogP contribution in [0.2, 0.25) is 0 Å². The summed E-state index contributed by atoms with van der Waals surface area (Å²) < 4.78 is 1.96. The van der Waals surface area contributed by atoms with Crippen molar-refractivity contribution in [2.75, 3.05) is 25.0 Å². The third kappa shape index (κ3) is 3.71. The first-order valence-electron chi connectivity index (χ1n) is 7.66. The molecular weight excluding hydrogens is 278 g/mol. The van der Waals surface area contributed by atoms with Crippen molar-refractivity contribution < 1.29 is 4.79 Å². The molecule has 0 radical (unpaired) electrons. The van der Waals surface area contributed by atoms with Crippen LogP contribution in [0.25, 0.3) is 0 Å². The Kier molecular flexibility index (Phi) is 4.48. The van der Waals surface area contributed by atoms with Crippen LogP contribution in [-0.4, -0.2) is 45.2 Å². The van der Waals surface area contributed by atoms with Gasteiger partial charge in [0.15, 0.2) is 5.82 Å². The van der Waals surface area contributed by atoms with E-state index in [4.69, 9.17) is 0 Å². The number of carbonyl (C=O) groups excluding carboxylic acids is 1. The Labute approximate surface area is 130 Å². The summed E-state index contributed by atoms with van der Waals surface area (Å²) in [6.07, 6.45) is 5.85. The molecule has 0 aromatic carbocycles. The van der Waals surface area contributed by atoms with E-state index in [1.165, 1.54) is 6.92 Å². The number of carbonyl (C=O) groups is 1. The predicted molar refractivity (Wildman–Crippen MR) is 84.6 cm³/mol. The molecule has 0 bridgehead atoms. The first-order valence-corrected chi connectivity index (χ1v) is 7.66. The maximum atomic E-state index is 11.0. The Morgan fingerprint density at radius 1 is 1.41 bits per heavy atom. The van der Waals surface area contributed by atoms with E-state index in [0.717, 1.165) is 38.2 Å². The lowest BCUT2D eigenvalue weighted by molar-refractivity contribution is -0.114. The molecule has 1 amide bonds. The number of hydrogen-bond donors (Lipinski definition) is 1. The molecule has 6 nitrogen and oxygen atoms in total. The van der Waals surface area contributed by atoms with Crippen LogP contribution in [0.4, 0.5) is 5.82 Å². The predicted octanol–water partition coefficient (Wildman–Crippen LogP) is 1.73. The van der Waals surface area contributed by atoms with E-state index in [-0.39, 0.29) is 5.91 Å². The van der Waals surface area contributed by atoms with Crippen molar-refractivity contribution in [2.24, 2.45) is 0 Å². The summed E-state index contributed by atoms with van der Waals surface area (Å²) in [6.45, 7) is 4.59. The zero-order chi connectivity index (χ0) is 15.4. The largest absolute Gasteiger partial charge is 0.309 e. The van der Waals surface area contributed by atoms with Crippen molar-refractivity contribution in [1.29, 1.82) is 0 Å². The van der Waals surface area contributed by atoms with Gasteiger partial charge in [0.25, 0.3) is 0 Å². The summed E-state index contributed by atoms with van der Waals surface area (Å²) in [5.41, 5.74) is 1.14. The highest BCUT2D eigenvalue weighted by Crippen LogP contribution is 2.22. The normalized spacial score (nSPS) is 18.5. The molecule has 1 N–H and O–H groups in total. The summed E-state index contributed by atoms with van der Waals surface area (Å²) in [7, 11) is 0. The van der Waals surface area contributed by atoms with Gasteiger partial charge >= 0.3 is 0 Å². The van der Waals surface area contributed by atoms with Crippen LogP contribution in [0.5, 0.6) is 0 Å². The van der Waals surface area contributed by atoms with Crippen molar-refractivity contribution in [3.05, 3.63) is 42.4 Å². The lowest BCUT2D eigenvalue weighted by Crippen LogP contribution is -2.24. The fourth-order valence-corrected chi connectivity index (χ4v) is 2.84. The highest BCUT2D eigenvalue weighted by molar-refractivity contribution is 5.87. The smallest absolute Gasteiger partial charge is 0.222 e. The molecule has 0 unspecified atom stereocenters. The summed E-state index contributed by atoms with van der Waals surface area (Å²) in [6, 6.07) is 8.27. The van der Waals surface area contributed by atoms with Gasteiger partial charge < -0.3 is 10.2 Å². The number of nitrogens with zero attached hydrogens (tertiary/aromatic N) is 4. The lowest BCUT2D eigenvalue weighted by Gasteiger charge is -2.15. The maximum Gasteiger partial charge on any atom is 0.222 e. The molecule has 1 aliphatic rings.